The van der Waals surface area contributed by atoms with Crippen LogP contribution in [0.2, 0.25) is 0 Å². The van der Waals surface area contributed by atoms with Crippen molar-refractivity contribution in [1.29, 1.82) is 0 Å². The normalized spacial score (nSPS) is 16.3. The predicted octanol–water partition coefficient (Wildman–Crippen LogP) is 1.08. The number of carbonyl (C=O) groups excluding carboxylic acids is 1. The first-order valence-electron chi connectivity index (χ1n) is 8.55. The van der Waals surface area contributed by atoms with E-state index in [1.807, 2.05) is 4.90 Å². The standard InChI is InChI=1S/C17H27N3O3S/c1-3-18-24(22,23)16-8-5-15(6-9-16)7-10-17(21)20-13-11-19(4-2)12-14-20/h5-6,8-9,18H,3-4,7,10-14H2,1-2H3. The van der Waals surface area contributed by atoms with Gasteiger partial charge >= 0.3 is 0 Å². The highest BCUT2D eigenvalue weighted by Crippen LogP contribution is 2.13. The molecule has 0 unspecified atom stereocenters. The number of rotatable bonds is 7. The molecule has 1 heterocycles. The molecule has 0 atom stereocenters. The molecule has 2 rings (SSSR count). The van der Waals surface area contributed by atoms with E-state index in [-0.39, 0.29) is 10.8 Å². The maximum absolute atomic E-state index is 12.3. The molecule has 6 nitrogen and oxygen atoms in total. The molecule has 0 saturated carbocycles. The summed E-state index contributed by atoms with van der Waals surface area (Å²) < 4.78 is 26.2. The van der Waals surface area contributed by atoms with Crippen molar-refractivity contribution in [1.82, 2.24) is 14.5 Å². The molecule has 1 saturated heterocycles. The zero-order valence-corrected chi connectivity index (χ0v) is 15.3. The first kappa shape index (κ1) is 18.9. The molecule has 1 aliphatic rings. The van der Waals surface area contributed by atoms with Crippen molar-refractivity contribution in [3.63, 3.8) is 0 Å². The lowest BCUT2D eigenvalue weighted by Crippen LogP contribution is -2.48. The van der Waals surface area contributed by atoms with E-state index in [2.05, 4.69) is 16.5 Å². The highest BCUT2D eigenvalue weighted by Gasteiger charge is 2.19. The highest BCUT2D eigenvalue weighted by atomic mass is 32.2. The van der Waals surface area contributed by atoms with Gasteiger partial charge in [0.25, 0.3) is 0 Å². The van der Waals surface area contributed by atoms with E-state index in [1.54, 1.807) is 31.2 Å². The Bertz CT molecular complexity index is 636. The Balaban J connectivity index is 1.85. The van der Waals surface area contributed by atoms with Crippen LogP contribution in [0.5, 0.6) is 0 Å². The molecular formula is C17H27N3O3S. The van der Waals surface area contributed by atoms with Gasteiger partial charge in [-0.1, -0.05) is 26.0 Å². The smallest absolute Gasteiger partial charge is 0.240 e. The number of amides is 1. The summed E-state index contributed by atoms with van der Waals surface area (Å²) >= 11 is 0. The molecule has 134 valence electrons. The second-order valence-corrected chi connectivity index (χ2v) is 7.73. The van der Waals surface area contributed by atoms with Crippen molar-refractivity contribution in [2.45, 2.75) is 31.6 Å². The lowest BCUT2D eigenvalue weighted by atomic mass is 10.1. The van der Waals surface area contributed by atoms with Gasteiger partial charge < -0.3 is 9.80 Å². The number of hydrogen-bond donors (Lipinski definition) is 1. The Morgan fingerprint density at radius 2 is 1.71 bits per heavy atom. The lowest BCUT2D eigenvalue weighted by molar-refractivity contribution is -0.132. The third-order valence-corrected chi connectivity index (χ3v) is 5.93. The maximum atomic E-state index is 12.3. The third kappa shape index (κ3) is 5.03. The molecule has 1 fully saturated rings. The topological polar surface area (TPSA) is 69.7 Å². The number of piperazine rings is 1. The second-order valence-electron chi connectivity index (χ2n) is 5.96. The summed E-state index contributed by atoms with van der Waals surface area (Å²) in [6.07, 6.45) is 1.10. The van der Waals surface area contributed by atoms with Crippen molar-refractivity contribution in [3.05, 3.63) is 29.8 Å². The van der Waals surface area contributed by atoms with Crippen molar-refractivity contribution in [2.24, 2.45) is 0 Å². The molecule has 0 spiro atoms. The van der Waals surface area contributed by atoms with E-state index >= 15 is 0 Å². The zero-order chi connectivity index (χ0) is 17.6. The van der Waals surface area contributed by atoms with Crippen LogP contribution in [0.15, 0.2) is 29.2 Å². The summed E-state index contributed by atoms with van der Waals surface area (Å²) in [4.78, 5) is 16.8. The van der Waals surface area contributed by atoms with E-state index in [0.717, 1.165) is 38.3 Å². The molecule has 1 amide bonds. The van der Waals surface area contributed by atoms with Gasteiger partial charge in [0.2, 0.25) is 15.9 Å². The van der Waals surface area contributed by atoms with Gasteiger partial charge in [-0.05, 0) is 30.7 Å². The fourth-order valence-corrected chi connectivity index (χ4v) is 3.87. The second kappa shape index (κ2) is 8.60. The van der Waals surface area contributed by atoms with Crippen LogP contribution in [-0.4, -0.2) is 63.4 Å². The van der Waals surface area contributed by atoms with Crippen LogP contribution in [-0.2, 0) is 21.2 Å². The molecule has 24 heavy (non-hydrogen) atoms. The van der Waals surface area contributed by atoms with Gasteiger partial charge in [0, 0.05) is 39.1 Å². The average molecular weight is 353 g/mol. The first-order valence-corrected chi connectivity index (χ1v) is 10.0. The minimum Gasteiger partial charge on any atom is -0.340 e. The largest absolute Gasteiger partial charge is 0.340 e. The van der Waals surface area contributed by atoms with Gasteiger partial charge in [-0.3, -0.25) is 4.79 Å². The van der Waals surface area contributed by atoms with Crippen LogP contribution < -0.4 is 4.72 Å². The SMILES string of the molecule is CCNS(=O)(=O)c1ccc(CCC(=O)N2CCN(CC)CC2)cc1. The van der Waals surface area contributed by atoms with Crippen LogP contribution in [0.4, 0.5) is 0 Å². The minimum absolute atomic E-state index is 0.176. The van der Waals surface area contributed by atoms with E-state index < -0.39 is 10.0 Å². The van der Waals surface area contributed by atoms with Crippen LogP contribution in [0.25, 0.3) is 0 Å². The Morgan fingerprint density at radius 1 is 1.08 bits per heavy atom. The van der Waals surface area contributed by atoms with E-state index in [9.17, 15) is 13.2 Å². The summed E-state index contributed by atoms with van der Waals surface area (Å²) in [6.45, 7) is 8.76. The Kier molecular flexibility index (Phi) is 6.77. The Labute approximate surface area is 144 Å². The van der Waals surface area contributed by atoms with E-state index in [0.29, 0.717) is 19.4 Å². The molecule has 1 N–H and O–H groups in total. The molecule has 7 heteroatoms. The van der Waals surface area contributed by atoms with E-state index in [1.165, 1.54) is 0 Å². The Morgan fingerprint density at radius 3 is 2.25 bits per heavy atom. The van der Waals surface area contributed by atoms with Crippen LogP contribution in [0, 0.1) is 0 Å². The van der Waals surface area contributed by atoms with Crippen molar-refractivity contribution < 1.29 is 13.2 Å². The average Bonchev–Trinajstić information content (AvgIpc) is 2.60. The summed E-state index contributed by atoms with van der Waals surface area (Å²) in [5.41, 5.74) is 0.978. The number of nitrogens with one attached hydrogen (secondary N) is 1. The van der Waals surface area contributed by atoms with Crippen LogP contribution in [0.3, 0.4) is 0 Å². The molecule has 1 aliphatic heterocycles. The molecule has 0 bridgehead atoms. The first-order chi connectivity index (χ1) is 11.5. The van der Waals surface area contributed by atoms with Gasteiger partial charge in [0.05, 0.1) is 4.90 Å². The molecule has 0 radical (unpaired) electrons. The fourth-order valence-electron chi connectivity index (χ4n) is 2.83. The van der Waals surface area contributed by atoms with Gasteiger partial charge in [0.1, 0.15) is 0 Å². The van der Waals surface area contributed by atoms with Gasteiger partial charge in [-0.2, -0.15) is 0 Å². The highest BCUT2D eigenvalue weighted by molar-refractivity contribution is 7.89. The summed E-state index contributed by atoms with van der Waals surface area (Å²) in [5, 5.41) is 0. The number of nitrogens with zero attached hydrogens (tertiary/aromatic N) is 2. The molecule has 0 aliphatic carbocycles. The summed E-state index contributed by atoms with van der Waals surface area (Å²) in [7, 11) is -3.41. The maximum Gasteiger partial charge on any atom is 0.240 e. The Hall–Kier alpha value is -1.44. The van der Waals surface area contributed by atoms with Gasteiger partial charge in [-0.15, -0.1) is 0 Å². The lowest BCUT2D eigenvalue weighted by Gasteiger charge is -2.34. The van der Waals surface area contributed by atoms with Crippen LogP contribution >= 0.6 is 0 Å². The minimum atomic E-state index is -3.41. The number of carbonyl (C=O) groups is 1. The third-order valence-electron chi connectivity index (χ3n) is 4.37. The molecule has 0 aromatic heterocycles. The number of aryl methyl sites for hydroxylation is 1. The van der Waals surface area contributed by atoms with Crippen LogP contribution in [0.1, 0.15) is 25.8 Å². The predicted molar refractivity (Wildman–Crippen MR) is 94.3 cm³/mol. The van der Waals surface area contributed by atoms with Crippen molar-refractivity contribution >= 4 is 15.9 Å². The number of benzene rings is 1. The number of likely N-dealkylation sites (N-methyl/N-ethyl adjacent to an activating group) is 1. The van der Waals surface area contributed by atoms with E-state index in [4.69, 9.17) is 0 Å². The summed E-state index contributed by atoms with van der Waals surface area (Å²) in [5.74, 6) is 0.176. The van der Waals surface area contributed by atoms with Gasteiger partial charge in [0.15, 0.2) is 0 Å². The van der Waals surface area contributed by atoms with Gasteiger partial charge in [-0.25, -0.2) is 13.1 Å². The van der Waals surface area contributed by atoms with Crippen molar-refractivity contribution in [3.8, 4) is 0 Å². The number of sulfonamides is 1. The van der Waals surface area contributed by atoms with Crippen molar-refractivity contribution in [2.75, 3.05) is 39.3 Å². The quantitative estimate of drug-likeness (QED) is 0.796. The molecule has 1 aromatic rings. The summed E-state index contributed by atoms with van der Waals surface area (Å²) in [6, 6.07) is 6.76. The molecule has 1 aromatic carbocycles. The monoisotopic (exact) mass is 353 g/mol. The molecular weight excluding hydrogens is 326 g/mol. The fraction of sp³-hybridized carbons (Fsp3) is 0.588. The zero-order valence-electron chi connectivity index (χ0n) is 14.5. The number of hydrogen-bond acceptors (Lipinski definition) is 4.